The van der Waals surface area contributed by atoms with Crippen LogP contribution in [0.15, 0.2) is 64.8 Å². The summed E-state index contributed by atoms with van der Waals surface area (Å²) < 4.78 is 5.97. The number of carbonyl (C=O) groups excluding carboxylic acids is 1. The van der Waals surface area contributed by atoms with Gasteiger partial charge < -0.3 is 4.74 Å². The van der Waals surface area contributed by atoms with Gasteiger partial charge in [0.15, 0.2) is 0 Å². The molecular weight excluding hydrogens is 324 g/mol. The Balaban J connectivity index is 1.57. The number of hydrogen-bond donors (Lipinski definition) is 0. The van der Waals surface area contributed by atoms with Crippen LogP contribution in [-0.2, 0) is 22.6 Å². The van der Waals surface area contributed by atoms with Crippen molar-refractivity contribution >= 4 is 28.5 Å². The highest BCUT2D eigenvalue weighted by molar-refractivity contribution is 6.08. The van der Waals surface area contributed by atoms with E-state index in [1.165, 1.54) is 0 Å². The van der Waals surface area contributed by atoms with E-state index >= 15 is 0 Å². The fraction of sp³-hybridized carbons (Fsp3) is 0.136. The van der Waals surface area contributed by atoms with E-state index in [0.717, 1.165) is 38.0 Å². The van der Waals surface area contributed by atoms with E-state index in [0.29, 0.717) is 25.3 Å². The van der Waals surface area contributed by atoms with Gasteiger partial charge in [0.25, 0.3) is 0 Å². The van der Waals surface area contributed by atoms with Crippen molar-refractivity contribution in [3.8, 4) is 0 Å². The first-order valence-corrected chi connectivity index (χ1v) is 8.68. The zero-order valence-corrected chi connectivity index (χ0v) is 14.1. The number of ether oxygens (including phenoxy) is 1. The lowest BCUT2D eigenvalue weighted by Crippen LogP contribution is -2.21. The van der Waals surface area contributed by atoms with Crippen LogP contribution < -0.4 is 10.6 Å². The summed E-state index contributed by atoms with van der Waals surface area (Å²) in [5.41, 5.74) is 3.07. The van der Waals surface area contributed by atoms with Gasteiger partial charge in [-0.1, -0.05) is 42.5 Å². The Hall–Kier alpha value is -3.27. The summed E-state index contributed by atoms with van der Waals surface area (Å²) in [5, 5.41) is 12.6. The molecule has 26 heavy (non-hydrogen) atoms. The molecule has 0 saturated carbocycles. The molecule has 1 aliphatic carbocycles. The number of benzene rings is 3. The van der Waals surface area contributed by atoms with Gasteiger partial charge in [-0.3, -0.25) is 4.79 Å². The monoisotopic (exact) mass is 340 g/mol. The average Bonchev–Trinajstić information content (AvgIpc) is 3.09. The predicted molar refractivity (Wildman–Crippen MR) is 100 cm³/mol. The van der Waals surface area contributed by atoms with Crippen LogP contribution in [0, 0.1) is 0 Å². The maximum absolute atomic E-state index is 11.8. The Bertz CT molecular complexity index is 1190. The molecule has 2 aliphatic rings. The zero-order valence-electron chi connectivity index (χ0n) is 14.1. The van der Waals surface area contributed by atoms with Gasteiger partial charge in [-0.2, -0.15) is 0 Å². The van der Waals surface area contributed by atoms with E-state index < -0.39 is 0 Å². The second kappa shape index (κ2) is 5.92. The van der Waals surface area contributed by atoms with E-state index in [2.05, 4.69) is 28.4 Å². The average molecular weight is 340 g/mol. The van der Waals surface area contributed by atoms with E-state index in [1.54, 1.807) is 0 Å². The summed E-state index contributed by atoms with van der Waals surface area (Å²) in [5.74, 6) is 0.795. The van der Waals surface area contributed by atoms with Gasteiger partial charge >= 0.3 is 0 Å². The molecule has 4 heteroatoms. The third kappa shape index (κ3) is 2.51. The lowest BCUT2D eigenvalue weighted by Gasteiger charge is -2.12. The minimum Gasteiger partial charge on any atom is -0.471 e. The summed E-state index contributed by atoms with van der Waals surface area (Å²) in [6.45, 7) is 0.447. The largest absolute Gasteiger partial charge is 0.471 e. The van der Waals surface area contributed by atoms with Crippen molar-refractivity contribution in [3.63, 3.8) is 0 Å². The van der Waals surface area contributed by atoms with Crippen LogP contribution in [0.25, 0.3) is 16.8 Å². The Morgan fingerprint density at radius 1 is 1.00 bits per heavy atom. The smallest absolute Gasteiger partial charge is 0.243 e. The van der Waals surface area contributed by atoms with E-state index in [4.69, 9.17) is 4.74 Å². The van der Waals surface area contributed by atoms with Crippen LogP contribution in [0.4, 0.5) is 0 Å². The summed E-state index contributed by atoms with van der Waals surface area (Å²) >= 11 is 0. The minimum absolute atomic E-state index is 0.253. The quantitative estimate of drug-likeness (QED) is 0.720. The van der Waals surface area contributed by atoms with Crippen LogP contribution in [0.1, 0.15) is 23.1 Å². The molecule has 0 N–H and O–H groups in total. The molecule has 0 atom stereocenters. The van der Waals surface area contributed by atoms with Gasteiger partial charge in [0.1, 0.15) is 12.4 Å². The number of nitrogens with zero attached hydrogens (tertiary/aromatic N) is 2. The van der Waals surface area contributed by atoms with Crippen LogP contribution in [-0.4, -0.2) is 11.7 Å². The van der Waals surface area contributed by atoms with Gasteiger partial charge in [-0.25, -0.2) is 0 Å². The van der Waals surface area contributed by atoms with Crippen molar-refractivity contribution in [2.24, 2.45) is 10.2 Å². The first-order chi connectivity index (χ1) is 12.8. The molecule has 4 nitrogen and oxygen atoms in total. The SMILES string of the molecule is O=C1CC=c2cc3ccc4c(c3cc2C1)C(OCc1ccccc1)=NN=4. The number of hydrogen-bond acceptors (Lipinski definition) is 4. The molecule has 126 valence electrons. The highest BCUT2D eigenvalue weighted by Crippen LogP contribution is 2.21. The number of Topliss-reactive ketones (excluding diaryl/α,β-unsaturated/α-hetero) is 1. The van der Waals surface area contributed by atoms with Crippen LogP contribution in [0.3, 0.4) is 0 Å². The van der Waals surface area contributed by atoms with E-state index in [9.17, 15) is 4.79 Å². The fourth-order valence-corrected chi connectivity index (χ4v) is 3.56. The van der Waals surface area contributed by atoms with Crippen molar-refractivity contribution in [3.05, 3.63) is 81.9 Å². The van der Waals surface area contributed by atoms with Crippen LogP contribution >= 0.6 is 0 Å². The van der Waals surface area contributed by atoms with Crippen molar-refractivity contribution in [2.75, 3.05) is 0 Å². The van der Waals surface area contributed by atoms with Gasteiger partial charge in [0.05, 0.1) is 10.9 Å². The minimum atomic E-state index is 0.253. The van der Waals surface area contributed by atoms with Gasteiger partial charge in [0.2, 0.25) is 5.90 Å². The molecule has 1 aliphatic heterocycles. The molecule has 0 radical (unpaired) electrons. The van der Waals surface area contributed by atoms with Crippen molar-refractivity contribution in [1.29, 1.82) is 0 Å². The molecule has 1 heterocycles. The highest BCUT2D eigenvalue weighted by atomic mass is 16.5. The van der Waals surface area contributed by atoms with E-state index in [-0.39, 0.29) is 5.78 Å². The zero-order chi connectivity index (χ0) is 17.5. The molecule has 0 unspecified atom stereocenters. The molecule has 0 spiro atoms. The second-order valence-electron chi connectivity index (χ2n) is 6.63. The summed E-state index contributed by atoms with van der Waals surface area (Å²) in [6, 6.07) is 18.3. The number of rotatable bonds is 2. The summed E-state index contributed by atoms with van der Waals surface area (Å²) in [7, 11) is 0. The third-order valence-corrected chi connectivity index (χ3v) is 4.88. The highest BCUT2D eigenvalue weighted by Gasteiger charge is 2.19. The maximum atomic E-state index is 11.8. The topological polar surface area (TPSA) is 51.0 Å². The van der Waals surface area contributed by atoms with Crippen molar-refractivity contribution < 1.29 is 9.53 Å². The number of carbonyl (C=O) groups is 1. The molecule has 3 aromatic carbocycles. The molecule has 0 amide bonds. The maximum Gasteiger partial charge on any atom is 0.243 e. The predicted octanol–water partition coefficient (Wildman–Crippen LogP) is 2.65. The first kappa shape index (κ1) is 15.0. The van der Waals surface area contributed by atoms with Crippen LogP contribution in [0.2, 0.25) is 0 Å². The normalized spacial score (nSPS) is 14.9. The van der Waals surface area contributed by atoms with Crippen LogP contribution in [0.5, 0.6) is 0 Å². The number of fused-ring (bicyclic) bond motifs is 4. The Kier molecular flexibility index (Phi) is 3.42. The molecule has 5 rings (SSSR count). The summed E-state index contributed by atoms with van der Waals surface area (Å²) in [6.07, 6.45) is 3.02. The van der Waals surface area contributed by atoms with E-state index in [1.807, 2.05) is 42.5 Å². The van der Waals surface area contributed by atoms with Gasteiger partial charge in [0, 0.05) is 12.8 Å². The molecule has 0 fully saturated rings. The fourth-order valence-electron chi connectivity index (χ4n) is 3.56. The summed E-state index contributed by atoms with van der Waals surface area (Å²) in [4.78, 5) is 11.8. The molecular formula is C22H16N2O2. The lowest BCUT2D eigenvalue weighted by atomic mass is 9.93. The Labute approximate surface area is 150 Å². The standard InChI is InChI=1S/C22H16N2O2/c25-18-8-6-15-10-16-7-9-20-21(19(16)12-17(15)11-18)22(24-23-20)26-13-14-4-2-1-3-5-14/h1-7,9-10,12H,8,11,13H2. The Morgan fingerprint density at radius 2 is 1.88 bits per heavy atom. The third-order valence-electron chi connectivity index (χ3n) is 4.88. The molecule has 0 saturated heterocycles. The molecule has 3 aromatic rings. The first-order valence-electron chi connectivity index (χ1n) is 8.68. The lowest BCUT2D eigenvalue weighted by molar-refractivity contribution is -0.117. The van der Waals surface area contributed by atoms with Crippen molar-refractivity contribution in [1.82, 2.24) is 0 Å². The Morgan fingerprint density at radius 3 is 2.77 bits per heavy atom. The molecule has 0 bridgehead atoms. The second-order valence-corrected chi connectivity index (χ2v) is 6.63. The molecule has 0 aromatic heterocycles. The number of ketones is 1. The van der Waals surface area contributed by atoms with Crippen molar-refractivity contribution in [2.45, 2.75) is 19.4 Å². The van der Waals surface area contributed by atoms with Gasteiger partial charge in [-0.05, 0) is 45.3 Å². The van der Waals surface area contributed by atoms with Gasteiger partial charge in [-0.15, -0.1) is 10.2 Å².